The quantitative estimate of drug-likeness (QED) is 0.180. The second kappa shape index (κ2) is 11.1. The normalized spacial score (nSPS) is 15.2. The molecule has 0 bridgehead atoms. The predicted molar refractivity (Wildman–Crippen MR) is 201 cm³/mol. The summed E-state index contributed by atoms with van der Waals surface area (Å²) >= 11 is 0. The van der Waals surface area contributed by atoms with Gasteiger partial charge in [-0.1, -0.05) is 121 Å². The minimum atomic E-state index is -0.571. The van der Waals surface area contributed by atoms with E-state index in [0.717, 1.165) is 45.5 Å². The monoisotopic (exact) mass is 636 g/mol. The van der Waals surface area contributed by atoms with Gasteiger partial charge in [0, 0.05) is 33.0 Å². The Bertz CT molecular complexity index is 3280. The van der Waals surface area contributed by atoms with Gasteiger partial charge in [-0.2, -0.15) is 0 Å². The van der Waals surface area contributed by atoms with E-state index in [9.17, 15) is 1.37 Å². The number of furan rings is 1. The smallest absolute Gasteiger partial charge is 0.164 e. The van der Waals surface area contributed by atoms with Gasteiger partial charge in [0.15, 0.2) is 17.5 Å². The van der Waals surface area contributed by atoms with E-state index in [1.807, 2.05) is 42.5 Å². The molecular weight excluding hydrogens is 599 g/mol. The average Bonchev–Trinajstić information content (AvgIpc) is 3.62. The van der Waals surface area contributed by atoms with Gasteiger partial charge < -0.3 is 4.42 Å². The van der Waals surface area contributed by atoms with Crippen molar-refractivity contribution in [1.29, 1.82) is 0 Å². The van der Waals surface area contributed by atoms with E-state index in [-0.39, 0.29) is 68.6 Å². The lowest BCUT2D eigenvalue weighted by molar-refractivity contribution is 0.670. The van der Waals surface area contributed by atoms with Crippen LogP contribution in [0.2, 0.25) is 0 Å². The summed E-state index contributed by atoms with van der Waals surface area (Å²) in [6, 6.07) is 23.2. The number of aromatic nitrogens is 3. The summed E-state index contributed by atoms with van der Waals surface area (Å²) in [4.78, 5) is 15.0. The fourth-order valence-electron chi connectivity index (χ4n) is 6.80. The van der Waals surface area contributed by atoms with E-state index >= 15 is 0 Å². The van der Waals surface area contributed by atoms with Crippen LogP contribution in [0.15, 0.2) is 150 Å². The van der Waals surface area contributed by atoms with Crippen molar-refractivity contribution < 1.29 is 16.8 Å². The molecule has 4 nitrogen and oxygen atoms in total. The SMILES string of the molecule is [2H]c1cc2c(oc3c(-c4c([2H])c([2H])c([2H])c([2H])c4[2H])cc([2H])c(-c4nc(-c5ccc6c(c5)C=CCC6)nc(-c5ccc6ccc7ccccc7c6c5)n4)c32)c([2H])c1[2H]. The zero-order valence-electron chi connectivity index (χ0n) is 34.9. The van der Waals surface area contributed by atoms with Gasteiger partial charge in [-0.15, -0.1) is 0 Å². The van der Waals surface area contributed by atoms with E-state index in [0.29, 0.717) is 17.2 Å². The molecule has 0 N–H and O–H groups in total. The fraction of sp³-hybridized carbons (Fsp3) is 0.0444. The average molecular weight is 637 g/mol. The maximum atomic E-state index is 9.57. The highest BCUT2D eigenvalue weighted by molar-refractivity contribution is 6.16. The highest BCUT2D eigenvalue weighted by Gasteiger charge is 2.21. The summed E-state index contributed by atoms with van der Waals surface area (Å²) in [5.74, 6) is 0.754. The van der Waals surface area contributed by atoms with Crippen molar-refractivity contribution in [3.8, 4) is 45.3 Å². The summed E-state index contributed by atoms with van der Waals surface area (Å²) in [5.41, 5.74) is 3.60. The second-order valence-corrected chi connectivity index (χ2v) is 12.0. The fourth-order valence-corrected chi connectivity index (χ4v) is 6.80. The molecule has 9 aromatic rings. The van der Waals surface area contributed by atoms with Crippen LogP contribution in [-0.4, -0.2) is 15.0 Å². The molecule has 0 spiro atoms. The van der Waals surface area contributed by atoms with Gasteiger partial charge in [-0.25, -0.2) is 15.0 Å². The van der Waals surface area contributed by atoms with Crippen LogP contribution in [0.4, 0.5) is 0 Å². The zero-order valence-corrected chi connectivity index (χ0v) is 25.9. The molecule has 4 heteroatoms. The summed E-state index contributed by atoms with van der Waals surface area (Å²) in [6.45, 7) is 0. The van der Waals surface area contributed by atoms with E-state index in [4.69, 9.17) is 30.3 Å². The lowest BCUT2D eigenvalue weighted by Crippen LogP contribution is -2.02. The lowest BCUT2D eigenvalue weighted by Gasteiger charge is -2.14. The molecule has 0 unspecified atom stereocenters. The van der Waals surface area contributed by atoms with E-state index < -0.39 is 30.2 Å². The molecule has 0 fully saturated rings. The highest BCUT2D eigenvalue weighted by atomic mass is 16.3. The number of rotatable bonds is 4. The topological polar surface area (TPSA) is 51.8 Å². The molecule has 0 saturated carbocycles. The van der Waals surface area contributed by atoms with Crippen LogP contribution in [0.25, 0.3) is 94.8 Å². The first-order valence-electron chi connectivity index (χ1n) is 20.5. The van der Waals surface area contributed by atoms with E-state index in [1.165, 1.54) is 17.7 Å². The molecule has 0 atom stereocenters. The van der Waals surface area contributed by atoms with Crippen LogP contribution in [0.1, 0.15) is 29.9 Å². The van der Waals surface area contributed by atoms with Crippen LogP contribution in [0.5, 0.6) is 0 Å². The van der Waals surface area contributed by atoms with Crippen molar-refractivity contribution in [3.63, 3.8) is 0 Å². The van der Waals surface area contributed by atoms with Gasteiger partial charge in [-0.3, -0.25) is 0 Å². The van der Waals surface area contributed by atoms with Gasteiger partial charge in [0.25, 0.3) is 0 Å². The number of nitrogens with zero attached hydrogens (tertiary/aromatic N) is 3. The minimum Gasteiger partial charge on any atom is -0.455 e. The largest absolute Gasteiger partial charge is 0.455 e. The number of hydrogen-bond donors (Lipinski definition) is 0. The molecule has 10 rings (SSSR count). The number of hydrogen-bond acceptors (Lipinski definition) is 4. The molecule has 7 aromatic carbocycles. The molecule has 2 aromatic heterocycles. The Morgan fingerprint density at radius 2 is 1.33 bits per heavy atom. The van der Waals surface area contributed by atoms with Crippen LogP contribution >= 0.6 is 0 Å². The third-order valence-electron chi connectivity index (χ3n) is 9.18. The van der Waals surface area contributed by atoms with Gasteiger partial charge in [0.1, 0.15) is 11.2 Å². The minimum absolute atomic E-state index is 0.00219. The Hall–Kier alpha value is -6.39. The predicted octanol–water partition coefficient (Wildman–Crippen LogP) is 11.7. The van der Waals surface area contributed by atoms with E-state index in [2.05, 4.69) is 42.5 Å². The van der Waals surface area contributed by atoms with Crippen molar-refractivity contribution >= 4 is 49.6 Å². The summed E-state index contributed by atoms with van der Waals surface area (Å²) in [5, 5.41) is 4.60. The van der Waals surface area contributed by atoms with Crippen LogP contribution in [0.3, 0.4) is 0 Å². The summed E-state index contributed by atoms with van der Waals surface area (Å²) in [7, 11) is 0. The number of para-hydroxylation sites is 1. The first kappa shape index (κ1) is 20.1. The van der Waals surface area contributed by atoms with Gasteiger partial charge in [0.05, 0.1) is 12.3 Å². The Labute approximate surface area is 295 Å². The van der Waals surface area contributed by atoms with Crippen molar-refractivity contribution in [3.05, 3.63) is 157 Å². The Kier molecular flexibility index (Phi) is 4.55. The molecule has 0 amide bonds. The number of benzene rings is 7. The van der Waals surface area contributed by atoms with Crippen molar-refractivity contribution in [2.45, 2.75) is 12.8 Å². The number of allylic oxidation sites excluding steroid dienone is 1. The third kappa shape index (κ3) is 4.64. The van der Waals surface area contributed by atoms with Crippen molar-refractivity contribution in [2.24, 2.45) is 0 Å². The van der Waals surface area contributed by atoms with Gasteiger partial charge in [0.2, 0.25) is 0 Å². The molecule has 1 aliphatic carbocycles. The molecule has 230 valence electrons. The van der Waals surface area contributed by atoms with E-state index in [1.54, 1.807) is 0 Å². The Morgan fingerprint density at radius 1 is 0.571 bits per heavy atom. The molecule has 2 heterocycles. The van der Waals surface area contributed by atoms with Gasteiger partial charge in [-0.05, 0) is 81.4 Å². The number of aryl methyl sites for hydroxylation is 1. The first-order chi connectivity index (χ1) is 28.0. The van der Waals surface area contributed by atoms with Crippen molar-refractivity contribution in [1.82, 2.24) is 15.0 Å². The van der Waals surface area contributed by atoms with Crippen LogP contribution in [-0.2, 0) is 6.42 Å². The van der Waals surface area contributed by atoms with Crippen LogP contribution in [0, 0.1) is 0 Å². The molecule has 0 saturated heterocycles. The second-order valence-electron chi connectivity index (χ2n) is 12.0. The molecule has 0 radical (unpaired) electrons. The highest BCUT2D eigenvalue weighted by Crippen LogP contribution is 2.42. The maximum Gasteiger partial charge on any atom is 0.164 e. The zero-order chi connectivity index (χ0) is 40.1. The standard InChI is InChI=1S/C45H29N3O/c1-2-11-29(12-3-1)36-24-25-38(41-37-16-8-9-17-40(37)49-42(36)41)45-47-43(33-22-18-28-10-4-5-14-32(28)26-33)46-44(48-45)34-23-21-31-20-19-30-13-6-7-15-35(30)39(31)27-34/h1-3,5-9,11-27H,4,10H2/i1D,2D,3D,8D,9D,11D,12D,17D,25D. The summed E-state index contributed by atoms with van der Waals surface area (Å²) < 4.78 is 84.2. The molecule has 0 aliphatic heterocycles. The van der Waals surface area contributed by atoms with Crippen LogP contribution < -0.4 is 0 Å². The molecule has 49 heavy (non-hydrogen) atoms. The Morgan fingerprint density at radius 3 is 2.22 bits per heavy atom. The lowest BCUT2D eigenvalue weighted by atomic mass is 9.95. The molecule has 1 aliphatic rings. The van der Waals surface area contributed by atoms with Crippen molar-refractivity contribution in [2.75, 3.05) is 0 Å². The third-order valence-corrected chi connectivity index (χ3v) is 9.18. The summed E-state index contributed by atoms with van der Waals surface area (Å²) in [6.07, 6.45) is 6.07. The number of fused-ring (bicyclic) bond motifs is 7. The first-order valence-corrected chi connectivity index (χ1v) is 16.0. The van der Waals surface area contributed by atoms with Gasteiger partial charge >= 0.3 is 0 Å². The Balaban J connectivity index is 1.31. The maximum absolute atomic E-state index is 9.57. The molecular formula is C45H29N3O.